The topological polar surface area (TPSA) is 91.8 Å². The maximum absolute atomic E-state index is 11.8. The summed E-state index contributed by atoms with van der Waals surface area (Å²) in [5, 5.41) is 13.6. The minimum Gasteiger partial charge on any atom is -0.294 e. The van der Waals surface area contributed by atoms with Gasteiger partial charge in [-0.2, -0.15) is 5.21 Å². The van der Waals surface area contributed by atoms with Crippen LogP contribution in [0.3, 0.4) is 0 Å². The Morgan fingerprint density at radius 1 is 1.32 bits per heavy atom. The SMILES string of the molecule is CC(c1ccc(-c2nn[nH]n2)cc1)N1CCS(=O)(=O)[C@@H](C)C1. The molecule has 118 valence electrons. The summed E-state index contributed by atoms with van der Waals surface area (Å²) in [6.45, 7) is 5.05. The zero-order valence-electron chi connectivity index (χ0n) is 12.6. The van der Waals surface area contributed by atoms with E-state index in [1.807, 2.05) is 24.3 Å². The van der Waals surface area contributed by atoms with E-state index in [9.17, 15) is 8.42 Å². The third-order valence-corrected chi connectivity index (χ3v) is 6.44. The van der Waals surface area contributed by atoms with Crippen molar-refractivity contribution in [3.05, 3.63) is 29.8 Å². The molecule has 0 spiro atoms. The molecule has 1 aromatic carbocycles. The molecule has 1 unspecified atom stereocenters. The van der Waals surface area contributed by atoms with Gasteiger partial charge in [0.1, 0.15) is 0 Å². The van der Waals surface area contributed by atoms with Gasteiger partial charge in [0.25, 0.3) is 0 Å². The largest absolute Gasteiger partial charge is 0.294 e. The fourth-order valence-corrected chi connectivity index (χ4v) is 4.05. The molecule has 2 heterocycles. The van der Waals surface area contributed by atoms with E-state index < -0.39 is 9.84 Å². The number of nitrogens with one attached hydrogen (secondary N) is 1. The van der Waals surface area contributed by atoms with Gasteiger partial charge in [-0.15, -0.1) is 10.2 Å². The van der Waals surface area contributed by atoms with Crippen LogP contribution in [-0.2, 0) is 9.84 Å². The quantitative estimate of drug-likeness (QED) is 0.908. The molecule has 0 amide bonds. The first-order valence-electron chi connectivity index (χ1n) is 7.27. The molecule has 7 nitrogen and oxygen atoms in total. The summed E-state index contributed by atoms with van der Waals surface area (Å²) >= 11 is 0. The van der Waals surface area contributed by atoms with Gasteiger partial charge >= 0.3 is 0 Å². The van der Waals surface area contributed by atoms with E-state index in [0.717, 1.165) is 11.1 Å². The number of nitrogens with zero attached hydrogens (tertiary/aromatic N) is 4. The lowest BCUT2D eigenvalue weighted by Gasteiger charge is -2.35. The van der Waals surface area contributed by atoms with Crippen LogP contribution < -0.4 is 0 Å². The smallest absolute Gasteiger partial charge is 0.204 e. The number of rotatable bonds is 3. The van der Waals surface area contributed by atoms with E-state index in [2.05, 4.69) is 32.4 Å². The summed E-state index contributed by atoms with van der Waals surface area (Å²) in [6, 6.07) is 8.16. The zero-order chi connectivity index (χ0) is 15.7. The normalized spacial score (nSPS) is 23.3. The Balaban J connectivity index is 1.74. The van der Waals surface area contributed by atoms with Crippen molar-refractivity contribution >= 4 is 9.84 Å². The fraction of sp³-hybridized carbons (Fsp3) is 0.500. The van der Waals surface area contributed by atoms with Crippen molar-refractivity contribution in [2.75, 3.05) is 18.8 Å². The van der Waals surface area contributed by atoms with Crippen LogP contribution in [-0.4, -0.2) is 58.0 Å². The predicted molar refractivity (Wildman–Crippen MR) is 82.9 cm³/mol. The molecule has 1 saturated heterocycles. The second kappa shape index (κ2) is 5.77. The summed E-state index contributed by atoms with van der Waals surface area (Å²) in [7, 11) is -2.92. The summed E-state index contributed by atoms with van der Waals surface area (Å²) in [5.41, 5.74) is 2.05. The van der Waals surface area contributed by atoms with Crippen LogP contribution in [0.15, 0.2) is 24.3 Å². The van der Waals surface area contributed by atoms with E-state index in [4.69, 9.17) is 0 Å². The van der Waals surface area contributed by atoms with Gasteiger partial charge in [0, 0.05) is 24.7 Å². The summed E-state index contributed by atoms with van der Waals surface area (Å²) in [4.78, 5) is 2.22. The van der Waals surface area contributed by atoms with Crippen molar-refractivity contribution < 1.29 is 8.42 Å². The minimum absolute atomic E-state index is 0.178. The van der Waals surface area contributed by atoms with Crippen LogP contribution in [0.5, 0.6) is 0 Å². The monoisotopic (exact) mass is 321 g/mol. The first-order chi connectivity index (χ1) is 10.5. The number of tetrazole rings is 1. The lowest BCUT2D eigenvalue weighted by atomic mass is 10.0. The van der Waals surface area contributed by atoms with Gasteiger partial charge in [-0.25, -0.2) is 8.42 Å². The summed E-state index contributed by atoms with van der Waals surface area (Å²) in [6.07, 6.45) is 0. The maximum Gasteiger partial charge on any atom is 0.204 e. The van der Waals surface area contributed by atoms with Gasteiger partial charge < -0.3 is 0 Å². The van der Waals surface area contributed by atoms with Crippen LogP contribution in [0, 0.1) is 0 Å². The number of aromatic amines is 1. The van der Waals surface area contributed by atoms with E-state index in [1.54, 1.807) is 6.92 Å². The lowest BCUT2D eigenvalue weighted by Crippen LogP contribution is -2.46. The van der Waals surface area contributed by atoms with Crippen molar-refractivity contribution in [3.63, 3.8) is 0 Å². The highest BCUT2D eigenvalue weighted by Gasteiger charge is 2.31. The molecule has 0 aliphatic carbocycles. The Kier molecular flexibility index (Phi) is 3.96. The Labute approximate surface area is 129 Å². The molecule has 1 aliphatic heterocycles. The van der Waals surface area contributed by atoms with Crippen LogP contribution in [0.1, 0.15) is 25.5 Å². The third-order valence-electron chi connectivity index (χ3n) is 4.31. The summed E-state index contributed by atoms with van der Waals surface area (Å²) in [5.74, 6) is 0.802. The molecule has 1 aromatic heterocycles. The molecule has 1 aliphatic rings. The molecule has 8 heteroatoms. The molecule has 1 N–H and O–H groups in total. The van der Waals surface area contributed by atoms with Crippen molar-refractivity contribution in [3.8, 4) is 11.4 Å². The van der Waals surface area contributed by atoms with E-state index >= 15 is 0 Å². The van der Waals surface area contributed by atoms with Crippen LogP contribution in [0.4, 0.5) is 0 Å². The molecule has 3 rings (SSSR count). The maximum atomic E-state index is 11.8. The van der Waals surface area contributed by atoms with E-state index in [-0.39, 0.29) is 17.0 Å². The van der Waals surface area contributed by atoms with Crippen molar-refractivity contribution in [2.45, 2.75) is 25.1 Å². The third kappa shape index (κ3) is 2.89. The van der Waals surface area contributed by atoms with Crippen LogP contribution in [0.2, 0.25) is 0 Å². The van der Waals surface area contributed by atoms with Gasteiger partial charge in [-0.1, -0.05) is 24.3 Å². The van der Waals surface area contributed by atoms with Crippen LogP contribution >= 0.6 is 0 Å². The average molecular weight is 321 g/mol. The van der Waals surface area contributed by atoms with Crippen LogP contribution in [0.25, 0.3) is 11.4 Å². The van der Waals surface area contributed by atoms with E-state index in [1.165, 1.54) is 0 Å². The molecular weight excluding hydrogens is 302 g/mol. The highest BCUT2D eigenvalue weighted by molar-refractivity contribution is 7.92. The van der Waals surface area contributed by atoms with Crippen molar-refractivity contribution in [1.29, 1.82) is 0 Å². The Morgan fingerprint density at radius 2 is 2.05 bits per heavy atom. The number of hydrogen-bond acceptors (Lipinski definition) is 6. The number of hydrogen-bond donors (Lipinski definition) is 1. The first kappa shape index (κ1) is 15.1. The minimum atomic E-state index is -2.92. The second-order valence-corrected chi connectivity index (χ2v) is 8.24. The standard InChI is InChI=1S/C14H19N5O2S/c1-10-9-19(7-8-22(10,20)21)11(2)12-3-5-13(6-4-12)14-15-17-18-16-14/h3-6,10-11H,7-9H2,1-2H3,(H,15,16,17,18)/t10-,11?/m0/s1. The van der Waals surface area contributed by atoms with E-state index in [0.29, 0.717) is 18.9 Å². The molecular formula is C14H19N5O2S. The van der Waals surface area contributed by atoms with Crippen molar-refractivity contribution in [1.82, 2.24) is 25.5 Å². The Hall–Kier alpha value is -1.80. The molecule has 2 atom stereocenters. The molecule has 0 radical (unpaired) electrons. The Bertz CT molecular complexity index is 727. The number of sulfone groups is 1. The fourth-order valence-electron chi connectivity index (χ4n) is 2.74. The summed E-state index contributed by atoms with van der Waals surface area (Å²) < 4.78 is 23.6. The first-order valence-corrected chi connectivity index (χ1v) is 8.98. The lowest BCUT2D eigenvalue weighted by molar-refractivity contribution is 0.215. The highest BCUT2D eigenvalue weighted by atomic mass is 32.2. The van der Waals surface area contributed by atoms with Gasteiger partial charge in [0.05, 0.1) is 11.0 Å². The van der Waals surface area contributed by atoms with Gasteiger partial charge in [0.15, 0.2) is 9.84 Å². The number of benzene rings is 1. The molecule has 0 saturated carbocycles. The molecule has 0 bridgehead atoms. The van der Waals surface area contributed by atoms with Gasteiger partial charge in [-0.05, 0) is 24.6 Å². The Morgan fingerprint density at radius 3 is 2.64 bits per heavy atom. The predicted octanol–water partition coefficient (Wildman–Crippen LogP) is 1.05. The highest BCUT2D eigenvalue weighted by Crippen LogP contribution is 2.26. The molecule has 22 heavy (non-hydrogen) atoms. The van der Waals surface area contributed by atoms with Gasteiger partial charge in [-0.3, -0.25) is 4.90 Å². The van der Waals surface area contributed by atoms with Gasteiger partial charge in [0.2, 0.25) is 5.82 Å². The molecule has 1 fully saturated rings. The number of H-pyrrole nitrogens is 1. The molecule has 2 aromatic rings. The second-order valence-electron chi connectivity index (χ2n) is 5.71. The van der Waals surface area contributed by atoms with Crippen molar-refractivity contribution in [2.24, 2.45) is 0 Å². The number of aromatic nitrogens is 4. The zero-order valence-corrected chi connectivity index (χ0v) is 13.4. The average Bonchev–Trinajstić information content (AvgIpc) is 3.04.